The molecule has 4 rings (SSSR count). The van der Waals surface area contributed by atoms with Crippen LogP contribution in [-0.4, -0.2) is 28.5 Å². The first-order chi connectivity index (χ1) is 14.9. The zero-order valence-corrected chi connectivity index (χ0v) is 18.0. The lowest BCUT2D eigenvalue weighted by Crippen LogP contribution is -2.29. The van der Waals surface area contributed by atoms with E-state index in [1.165, 1.54) is 34.4 Å². The van der Waals surface area contributed by atoms with Crippen LogP contribution in [0.1, 0.15) is 23.4 Å². The van der Waals surface area contributed by atoms with E-state index in [9.17, 15) is 19.8 Å². The Bertz CT molecular complexity index is 1190. The van der Waals surface area contributed by atoms with Crippen molar-refractivity contribution >= 4 is 46.1 Å². The highest BCUT2D eigenvalue weighted by molar-refractivity contribution is 7.10. The first-order valence-electron chi connectivity index (χ1n) is 9.48. The van der Waals surface area contributed by atoms with Gasteiger partial charge in [0.2, 0.25) is 0 Å². The van der Waals surface area contributed by atoms with E-state index in [-0.39, 0.29) is 22.8 Å². The first-order valence-corrected chi connectivity index (χ1v) is 10.7. The third kappa shape index (κ3) is 3.78. The number of nitrogens with zero attached hydrogens (tertiary/aromatic N) is 1. The molecule has 2 heterocycles. The normalized spacial score (nSPS) is 17.9. The SMILES string of the molecule is CCOc1cccc(/C(O)=C2/C(=O)C(=O)N(c3cc(Cl)ccc3O)C2c2cccs2)c1. The summed E-state index contributed by atoms with van der Waals surface area (Å²) in [6.45, 7) is 2.28. The van der Waals surface area contributed by atoms with E-state index in [4.69, 9.17) is 16.3 Å². The van der Waals surface area contributed by atoms with Gasteiger partial charge in [0, 0.05) is 15.5 Å². The second-order valence-corrected chi connectivity index (χ2v) is 8.19. The van der Waals surface area contributed by atoms with Gasteiger partial charge >= 0.3 is 0 Å². The van der Waals surface area contributed by atoms with Crippen molar-refractivity contribution in [2.75, 3.05) is 11.5 Å². The molecule has 8 heteroatoms. The maximum absolute atomic E-state index is 13.1. The van der Waals surface area contributed by atoms with Crippen LogP contribution in [0.25, 0.3) is 5.76 Å². The second kappa shape index (κ2) is 8.45. The minimum atomic E-state index is -0.917. The van der Waals surface area contributed by atoms with E-state index < -0.39 is 17.7 Å². The van der Waals surface area contributed by atoms with E-state index in [0.717, 1.165) is 0 Å². The third-order valence-corrected chi connectivity index (χ3v) is 6.03. The van der Waals surface area contributed by atoms with Gasteiger partial charge < -0.3 is 14.9 Å². The highest BCUT2D eigenvalue weighted by Crippen LogP contribution is 2.46. The van der Waals surface area contributed by atoms with E-state index in [0.29, 0.717) is 27.8 Å². The Hall–Kier alpha value is -3.29. The minimum absolute atomic E-state index is 0.0690. The summed E-state index contributed by atoms with van der Waals surface area (Å²) in [5.41, 5.74) is 0.372. The Morgan fingerprint density at radius 3 is 2.68 bits per heavy atom. The number of halogens is 1. The highest BCUT2D eigenvalue weighted by Gasteiger charge is 2.48. The van der Waals surface area contributed by atoms with E-state index in [1.54, 1.807) is 36.4 Å². The van der Waals surface area contributed by atoms with Gasteiger partial charge in [-0.3, -0.25) is 14.5 Å². The van der Waals surface area contributed by atoms with E-state index >= 15 is 0 Å². The van der Waals surface area contributed by atoms with Crippen LogP contribution in [0, 0.1) is 0 Å². The number of rotatable bonds is 5. The fourth-order valence-electron chi connectivity index (χ4n) is 3.54. The lowest BCUT2D eigenvalue weighted by molar-refractivity contribution is -0.132. The summed E-state index contributed by atoms with van der Waals surface area (Å²) in [6.07, 6.45) is 0. The first kappa shape index (κ1) is 21.0. The largest absolute Gasteiger partial charge is 0.507 e. The summed E-state index contributed by atoms with van der Waals surface area (Å²) in [6, 6.07) is 13.6. The van der Waals surface area contributed by atoms with Gasteiger partial charge in [-0.2, -0.15) is 0 Å². The molecule has 0 bridgehead atoms. The average Bonchev–Trinajstić information content (AvgIpc) is 3.37. The van der Waals surface area contributed by atoms with Crippen molar-refractivity contribution < 1.29 is 24.5 Å². The molecule has 31 heavy (non-hydrogen) atoms. The molecule has 6 nitrogen and oxygen atoms in total. The molecule has 2 N–H and O–H groups in total. The molecule has 3 aromatic rings. The Morgan fingerprint density at radius 2 is 1.97 bits per heavy atom. The number of benzene rings is 2. The number of hydrogen-bond acceptors (Lipinski definition) is 6. The number of phenolic OH excluding ortho intramolecular Hbond substituents is 1. The molecule has 158 valence electrons. The van der Waals surface area contributed by atoms with Crippen molar-refractivity contribution in [3.63, 3.8) is 0 Å². The summed E-state index contributed by atoms with van der Waals surface area (Å²) in [7, 11) is 0. The van der Waals surface area contributed by atoms with Gasteiger partial charge in [0.05, 0.1) is 17.9 Å². The predicted molar refractivity (Wildman–Crippen MR) is 120 cm³/mol. The average molecular weight is 456 g/mol. The topological polar surface area (TPSA) is 87.1 Å². The van der Waals surface area contributed by atoms with Crippen LogP contribution in [0.2, 0.25) is 5.02 Å². The number of hydrogen-bond donors (Lipinski definition) is 2. The molecule has 2 aromatic carbocycles. The summed E-state index contributed by atoms with van der Waals surface area (Å²) >= 11 is 7.42. The molecule has 1 saturated heterocycles. The Balaban J connectivity index is 1.92. The monoisotopic (exact) mass is 455 g/mol. The molecule has 1 aromatic heterocycles. The number of amides is 1. The van der Waals surface area contributed by atoms with Crippen molar-refractivity contribution in [2.24, 2.45) is 0 Å². The zero-order chi connectivity index (χ0) is 22.1. The summed E-state index contributed by atoms with van der Waals surface area (Å²) in [4.78, 5) is 27.9. The second-order valence-electron chi connectivity index (χ2n) is 6.78. The molecule has 0 saturated carbocycles. The molecule has 1 atom stereocenters. The van der Waals surface area contributed by atoms with Crippen LogP contribution in [0.15, 0.2) is 65.6 Å². The fourth-order valence-corrected chi connectivity index (χ4v) is 4.53. The molecule has 1 unspecified atom stereocenters. The minimum Gasteiger partial charge on any atom is -0.507 e. The predicted octanol–water partition coefficient (Wildman–Crippen LogP) is 5.13. The van der Waals surface area contributed by atoms with Crippen LogP contribution in [0.3, 0.4) is 0 Å². The number of aromatic hydroxyl groups is 1. The van der Waals surface area contributed by atoms with Crippen molar-refractivity contribution in [3.05, 3.63) is 81.0 Å². The molecular formula is C23H18ClNO5S. The van der Waals surface area contributed by atoms with Gasteiger partial charge in [0.25, 0.3) is 11.7 Å². The summed E-state index contributed by atoms with van der Waals surface area (Å²) in [5.74, 6) is -1.70. The van der Waals surface area contributed by atoms with Gasteiger partial charge in [-0.05, 0) is 48.7 Å². The van der Waals surface area contributed by atoms with Crippen LogP contribution in [-0.2, 0) is 9.59 Å². The van der Waals surface area contributed by atoms with Crippen LogP contribution in [0.4, 0.5) is 5.69 Å². The highest BCUT2D eigenvalue weighted by atomic mass is 35.5. The number of aliphatic hydroxyl groups excluding tert-OH is 1. The van der Waals surface area contributed by atoms with Gasteiger partial charge in [0.1, 0.15) is 23.3 Å². The third-order valence-electron chi connectivity index (χ3n) is 4.87. The number of Topliss-reactive ketones (excluding diaryl/α,β-unsaturated/α-hetero) is 1. The number of ether oxygens (including phenoxy) is 1. The van der Waals surface area contributed by atoms with Crippen molar-refractivity contribution in [3.8, 4) is 11.5 Å². The Kier molecular flexibility index (Phi) is 5.71. The molecule has 1 aliphatic rings. The van der Waals surface area contributed by atoms with Crippen molar-refractivity contribution in [1.82, 2.24) is 0 Å². The number of carbonyl (C=O) groups is 2. The molecule has 1 amide bonds. The van der Waals surface area contributed by atoms with Gasteiger partial charge in [-0.1, -0.05) is 29.8 Å². The fraction of sp³-hybridized carbons (Fsp3) is 0.130. The maximum Gasteiger partial charge on any atom is 0.300 e. The van der Waals surface area contributed by atoms with E-state index in [2.05, 4.69) is 0 Å². The molecule has 0 aliphatic carbocycles. The molecule has 1 fully saturated rings. The number of anilines is 1. The quantitative estimate of drug-likeness (QED) is 0.316. The van der Waals surface area contributed by atoms with Crippen molar-refractivity contribution in [1.29, 1.82) is 0 Å². The number of ketones is 1. The number of phenols is 1. The van der Waals surface area contributed by atoms with Gasteiger partial charge in [-0.25, -0.2) is 0 Å². The number of thiophene rings is 1. The maximum atomic E-state index is 13.1. The van der Waals surface area contributed by atoms with Gasteiger partial charge in [0.15, 0.2) is 0 Å². The summed E-state index contributed by atoms with van der Waals surface area (Å²) in [5, 5.41) is 23.6. The van der Waals surface area contributed by atoms with Crippen LogP contribution in [0.5, 0.6) is 11.5 Å². The lowest BCUT2D eigenvalue weighted by Gasteiger charge is -2.25. The van der Waals surface area contributed by atoms with Gasteiger partial charge in [-0.15, -0.1) is 11.3 Å². The van der Waals surface area contributed by atoms with Crippen molar-refractivity contribution in [2.45, 2.75) is 13.0 Å². The van der Waals surface area contributed by atoms with Crippen LogP contribution < -0.4 is 9.64 Å². The number of carbonyl (C=O) groups excluding carboxylic acids is 2. The molecule has 0 radical (unpaired) electrons. The van der Waals surface area contributed by atoms with Crippen LogP contribution >= 0.6 is 22.9 Å². The molecule has 0 spiro atoms. The van der Waals surface area contributed by atoms with E-state index in [1.807, 2.05) is 12.3 Å². The zero-order valence-electron chi connectivity index (χ0n) is 16.4. The smallest absolute Gasteiger partial charge is 0.300 e. The lowest BCUT2D eigenvalue weighted by atomic mass is 9.99. The molecular weight excluding hydrogens is 438 g/mol. The number of aliphatic hydroxyl groups is 1. The Labute approximate surface area is 187 Å². The Morgan fingerprint density at radius 1 is 1.16 bits per heavy atom. The summed E-state index contributed by atoms with van der Waals surface area (Å²) < 4.78 is 5.48. The standard InChI is InChI=1S/C23H18ClNO5S/c1-2-30-15-6-3-5-13(11-15)21(27)19-20(18-7-4-10-31-18)25(23(29)22(19)28)16-12-14(24)8-9-17(16)26/h3-12,20,26-27H,2H2,1H3/b21-19-. The molecule has 1 aliphatic heterocycles.